The van der Waals surface area contributed by atoms with Crippen LogP contribution in [-0.4, -0.2) is 30.3 Å². The molecule has 0 saturated heterocycles. The molecule has 8 nitrogen and oxygen atoms in total. The second-order valence-corrected chi connectivity index (χ2v) is 7.74. The van der Waals surface area contributed by atoms with Gasteiger partial charge in [-0.05, 0) is 50.1 Å². The number of halogens is 1. The number of nitrogens with one attached hydrogen (secondary N) is 1. The lowest BCUT2D eigenvalue weighted by atomic mass is 10.1. The van der Waals surface area contributed by atoms with Crippen molar-refractivity contribution < 1.29 is 4.79 Å². The van der Waals surface area contributed by atoms with Crippen molar-refractivity contribution in [2.45, 2.75) is 26.7 Å². The number of anilines is 1. The summed E-state index contributed by atoms with van der Waals surface area (Å²) >= 11 is 3.45. The second-order valence-electron chi connectivity index (χ2n) is 6.83. The van der Waals surface area contributed by atoms with Crippen LogP contribution < -0.4 is 5.32 Å². The second kappa shape index (κ2) is 8.08. The molecule has 30 heavy (non-hydrogen) atoms. The minimum atomic E-state index is -0.112. The third-order valence-electron chi connectivity index (χ3n) is 4.92. The van der Waals surface area contributed by atoms with Crippen molar-refractivity contribution in [2.75, 3.05) is 5.32 Å². The average Bonchev–Trinajstić information content (AvgIpc) is 3.38. The predicted octanol–water partition coefficient (Wildman–Crippen LogP) is 3.74. The van der Waals surface area contributed by atoms with Crippen molar-refractivity contribution in [3.8, 4) is 11.8 Å². The van der Waals surface area contributed by atoms with Gasteiger partial charge in [0.2, 0.25) is 5.91 Å². The number of carbonyl (C=O) groups excluding carboxylic acids is 1. The topological polar surface area (TPSA) is 101 Å². The molecule has 0 bridgehead atoms. The van der Waals surface area contributed by atoms with Crippen molar-refractivity contribution in [1.82, 2.24) is 24.4 Å². The van der Waals surface area contributed by atoms with Crippen LogP contribution in [0.25, 0.3) is 11.3 Å². The lowest BCUT2D eigenvalue weighted by molar-refractivity contribution is -0.116. The predicted molar refractivity (Wildman–Crippen MR) is 115 cm³/mol. The fourth-order valence-electron chi connectivity index (χ4n) is 3.42. The van der Waals surface area contributed by atoms with E-state index in [-0.39, 0.29) is 12.3 Å². The van der Waals surface area contributed by atoms with Crippen molar-refractivity contribution in [3.63, 3.8) is 0 Å². The Balaban J connectivity index is 1.54. The monoisotopic (exact) mass is 463 g/mol. The van der Waals surface area contributed by atoms with Gasteiger partial charge in [0.25, 0.3) is 0 Å². The number of carbonyl (C=O) groups is 1. The van der Waals surface area contributed by atoms with Crippen LogP contribution in [0.15, 0.2) is 47.3 Å². The van der Waals surface area contributed by atoms with Crippen molar-refractivity contribution in [3.05, 3.63) is 69.8 Å². The Labute approximate surface area is 181 Å². The van der Waals surface area contributed by atoms with Gasteiger partial charge in [-0.2, -0.15) is 15.5 Å². The zero-order valence-electron chi connectivity index (χ0n) is 16.4. The molecule has 1 amide bonds. The van der Waals surface area contributed by atoms with Crippen LogP contribution in [0, 0.1) is 25.2 Å². The zero-order chi connectivity index (χ0) is 21.3. The SMILES string of the molecule is Cc1nc2c(C#N)cnn2c(C)c1CCC(=O)Nc1cc(Br)ccc1-n1cccn1. The van der Waals surface area contributed by atoms with Crippen LogP contribution in [0.4, 0.5) is 5.69 Å². The first-order valence-electron chi connectivity index (χ1n) is 9.31. The number of rotatable bonds is 5. The molecular formula is C21H18BrN7O. The zero-order valence-corrected chi connectivity index (χ0v) is 18.0. The highest BCUT2D eigenvalue weighted by atomic mass is 79.9. The lowest BCUT2D eigenvalue weighted by Gasteiger charge is -2.13. The van der Waals surface area contributed by atoms with E-state index < -0.39 is 0 Å². The van der Waals surface area contributed by atoms with Gasteiger partial charge in [0.15, 0.2) is 5.65 Å². The molecule has 0 aliphatic rings. The van der Waals surface area contributed by atoms with Crippen LogP contribution in [0.3, 0.4) is 0 Å². The molecule has 4 rings (SSSR count). The molecule has 3 aromatic heterocycles. The van der Waals surface area contributed by atoms with Crippen molar-refractivity contribution >= 4 is 33.2 Å². The minimum Gasteiger partial charge on any atom is -0.324 e. The summed E-state index contributed by atoms with van der Waals surface area (Å²) in [5.41, 5.74) is 5.06. The Bertz CT molecular complexity index is 1290. The fraction of sp³-hybridized carbons (Fsp3) is 0.190. The molecule has 0 atom stereocenters. The summed E-state index contributed by atoms with van der Waals surface area (Å²) in [4.78, 5) is 17.2. The maximum atomic E-state index is 12.7. The van der Waals surface area contributed by atoms with Crippen LogP contribution in [0.2, 0.25) is 0 Å². The Kier molecular flexibility index (Phi) is 5.33. The van der Waals surface area contributed by atoms with Crippen LogP contribution in [-0.2, 0) is 11.2 Å². The molecule has 3 heterocycles. The number of aromatic nitrogens is 5. The molecule has 150 valence electrons. The van der Waals surface area contributed by atoms with Gasteiger partial charge >= 0.3 is 0 Å². The molecule has 0 fully saturated rings. The van der Waals surface area contributed by atoms with Gasteiger partial charge in [0, 0.05) is 34.7 Å². The number of amides is 1. The van der Waals surface area contributed by atoms with E-state index in [4.69, 9.17) is 0 Å². The van der Waals surface area contributed by atoms with Gasteiger partial charge in [-0.1, -0.05) is 15.9 Å². The molecule has 0 unspecified atom stereocenters. The largest absolute Gasteiger partial charge is 0.324 e. The molecule has 0 radical (unpaired) electrons. The maximum absolute atomic E-state index is 12.7. The quantitative estimate of drug-likeness (QED) is 0.485. The van der Waals surface area contributed by atoms with Gasteiger partial charge in [-0.3, -0.25) is 4.79 Å². The molecule has 0 aliphatic heterocycles. The number of benzene rings is 1. The molecule has 9 heteroatoms. The Morgan fingerprint density at radius 2 is 2.13 bits per heavy atom. The summed E-state index contributed by atoms with van der Waals surface area (Å²) in [5.74, 6) is -0.112. The number of hydrogen-bond donors (Lipinski definition) is 1. The lowest BCUT2D eigenvalue weighted by Crippen LogP contribution is -2.16. The van der Waals surface area contributed by atoms with E-state index in [2.05, 4.69) is 42.5 Å². The summed E-state index contributed by atoms with van der Waals surface area (Å²) in [7, 11) is 0. The average molecular weight is 464 g/mol. The van der Waals surface area contributed by atoms with Gasteiger partial charge in [-0.25, -0.2) is 14.2 Å². The summed E-state index contributed by atoms with van der Waals surface area (Å²) < 4.78 is 4.23. The molecule has 1 N–H and O–H groups in total. The smallest absolute Gasteiger partial charge is 0.224 e. The fourth-order valence-corrected chi connectivity index (χ4v) is 3.78. The highest BCUT2D eigenvalue weighted by molar-refractivity contribution is 9.10. The molecular weight excluding hydrogens is 446 g/mol. The molecule has 1 aromatic carbocycles. The van der Waals surface area contributed by atoms with E-state index in [1.165, 1.54) is 6.20 Å². The third-order valence-corrected chi connectivity index (χ3v) is 5.41. The van der Waals surface area contributed by atoms with Crippen LogP contribution in [0.5, 0.6) is 0 Å². The highest BCUT2D eigenvalue weighted by Crippen LogP contribution is 2.25. The van der Waals surface area contributed by atoms with Gasteiger partial charge in [0.1, 0.15) is 11.6 Å². The van der Waals surface area contributed by atoms with E-state index in [9.17, 15) is 10.1 Å². The standard InChI is InChI=1S/C21H18BrN7O/c1-13-17(14(2)29-21(26-13)15(11-23)12-25-29)5-7-20(30)27-18-10-16(22)4-6-19(18)28-9-3-8-24-28/h3-4,6,8-10,12H,5,7H2,1-2H3,(H,27,30). The van der Waals surface area contributed by atoms with Gasteiger partial charge in [0.05, 0.1) is 17.6 Å². The normalized spacial score (nSPS) is 10.9. The molecule has 0 aliphatic carbocycles. The Hall–Kier alpha value is -3.51. The van der Waals surface area contributed by atoms with Gasteiger partial charge < -0.3 is 5.32 Å². The van der Waals surface area contributed by atoms with E-state index in [0.717, 1.165) is 27.1 Å². The van der Waals surface area contributed by atoms with Crippen LogP contribution in [0.1, 0.15) is 28.9 Å². The summed E-state index contributed by atoms with van der Waals surface area (Å²) in [6, 6.07) is 9.58. The first-order chi connectivity index (χ1) is 14.5. The first-order valence-corrected chi connectivity index (χ1v) is 10.1. The maximum Gasteiger partial charge on any atom is 0.224 e. The summed E-state index contributed by atoms with van der Waals surface area (Å²) in [6.45, 7) is 3.81. The molecule has 4 aromatic rings. The molecule has 0 saturated carbocycles. The number of hydrogen-bond acceptors (Lipinski definition) is 5. The molecule has 0 spiro atoms. The number of fused-ring (bicyclic) bond motifs is 1. The third kappa shape index (κ3) is 3.69. The number of aryl methyl sites for hydroxylation is 2. The highest BCUT2D eigenvalue weighted by Gasteiger charge is 2.16. The van der Waals surface area contributed by atoms with E-state index in [0.29, 0.717) is 23.3 Å². The first kappa shape index (κ1) is 19.8. The summed E-state index contributed by atoms with van der Waals surface area (Å²) in [6.07, 6.45) is 5.82. The minimum absolute atomic E-state index is 0.112. The number of nitrogens with zero attached hydrogens (tertiary/aromatic N) is 6. The van der Waals surface area contributed by atoms with Crippen molar-refractivity contribution in [1.29, 1.82) is 5.26 Å². The van der Waals surface area contributed by atoms with Gasteiger partial charge in [-0.15, -0.1) is 0 Å². The summed E-state index contributed by atoms with van der Waals surface area (Å²) in [5, 5.41) is 20.7. The Morgan fingerprint density at radius 3 is 2.87 bits per heavy atom. The Morgan fingerprint density at radius 1 is 1.30 bits per heavy atom. The van der Waals surface area contributed by atoms with Crippen molar-refractivity contribution in [2.24, 2.45) is 0 Å². The number of nitriles is 1. The van der Waals surface area contributed by atoms with E-state index >= 15 is 0 Å². The van der Waals surface area contributed by atoms with E-state index in [1.54, 1.807) is 15.4 Å². The van der Waals surface area contributed by atoms with E-state index in [1.807, 2.05) is 44.3 Å². The van der Waals surface area contributed by atoms with Crippen LogP contribution >= 0.6 is 15.9 Å².